The lowest BCUT2D eigenvalue weighted by atomic mass is 10.3. The normalized spacial score (nSPS) is 12.4. The van der Waals surface area contributed by atoms with Gasteiger partial charge in [0.15, 0.2) is 17.2 Å². The van der Waals surface area contributed by atoms with Crippen LogP contribution < -0.4 is 14.2 Å². The van der Waals surface area contributed by atoms with Crippen LogP contribution in [-0.4, -0.2) is 64.0 Å². The van der Waals surface area contributed by atoms with Crippen LogP contribution in [0, 0.1) is 0 Å². The number of halogens is 2. The number of hydrogen-bond acceptors (Lipinski definition) is 11. The third-order valence-electron chi connectivity index (χ3n) is 4.67. The molecule has 0 bridgehead atoms. The lowest BCUT2D eigenvalue weighted by Crippen LogP contribution is -2.19. The van der Waals surface area contributed by atoms with Crippen LogP contribution in [0.2, 0.25) is 0 Å². The number of ether oxygens (including phenoxy) is 4. The summed E-state index contributed by atoms with van der Waals surface area (Å²) < 4.78 is 59.3. The van der Waals surface area contributed by atoms with Crippen LogP contribution in [0.5, 0.6) is 17.2 Å². The molecule has 0 aliphatic heterocycles. The summed E-state index contributed by atoms with van der Waals surface area (Å²) in [6.45, 7) is -0.149. The van der Waals surface area contributed by atoms with Gasteiger partial charge in [0.1, 0.15) is 5.75 Å². The van der Waals surface area contributed by atoms with E-state index in [2.05, 4.69) is 19.9 Å². The first-order chi connectivity index (χ1) is 17.7. The first kappa shape index (κ1) is 27.4. The lowest BCUT2D eigenvalue weighted by molar-refractivity contribution is -0.135. The van der Waals surface area contributed by atoms with E-state index in [-0.39, 0.29) is 51.5 Å². The fraction of sp³-hybridized carbons (Fsp3) is 0.318. The lowest BCUT2D eigenvalue weighted by Gasteiger charge is -2.11. The molecule has 2 aromatic heterocycles. The number of rotatable bonds is 10. The summed E-state index contributed by atoms with van der Waals surface area (Å²) >= 11 is 0. The Bertz CT molecular complexity index is 1360. The molecular weight excluding hydrogens is 518 g/mol. The molecule has 3 rings (SSSR count). The predicted octanol–water partition coefficient (Wildman–Crippen LogP) is 3.28. The molecule has 1 aromatic carbocycles. The number of fused-ring (bicyclic) bond motifs is 1. The highest BCUT2D eigenvalue weighted by atomic mass is 32.2. The quantitative estimate of drug-likeness (QED) is 0.163. The molecule has 0 aliphatic carbocycles. The van der Waals surface area contributed by atoms with E-state index in [1.165, 1.54) is 39.5 Å². The van der Waals surface area contributed by atoms with E-state index in [9.17, 15) is 22.6 Å². The predicted molar refractivity (Wildman–Crippen MR) is 125 cm³/mol. The van der Waals surface area contributed by atoms with Gasteiger partial charge in [-0.15, -0.1) is 0 Å². The Labute approximate surface area is 211 Å². The van der Waals surface area contributed by atoms with Gasteiger partial charge in [0, 0.05) is 18.3 Å². The summed E-state index contributed by atoms with van der Waals surface area (Å²) in [6, 6.07) is 5.12. The number of methoxy groups -OCH3 is 2. The molecule has 0 fully saturated rings. The van der Waals surface area contributed by atoms with Gasteiger partial charge in [-0.25, -0.2) is 19.1 Å². The van der Waals surface area contributed by atoms with Crippen molar-refractivity contribution < 1.29 is 46.4 Å². The van der Waals surface area contributed by atoms with Crippen molar-refractivity contribution in [3.63, 3.8) is 0 Å². The maximum absolute atomic E-state index is 13.4. The fourth-order valence-corrected chi connectivity index (χ4v) is 4.27. The molecule has 0 amide bonds. The van der Waals surface area contributed by atoms with E-state index in [1.54, 1.807) is 13.0 Å². The minimum Gasteiger partial charge on any atom is -0.493 e. The Kier molecular flexibility index (Phi) is 9.05. The van der Waals surface area contributed by atoms with Gasteiger partial charge in [-0.05, 0) is 26.0 Å². The van der Waals surface area contributed by atoms with E-state index in [0.717, 1.165) is 10.6 Å². The molecule has 0 spiro atoms. The summed E-state index contributed by atoms with van der Waals surface area (Å²) in [5.74, 6) is -0.728. The van der Waals surface area contributed by atoms with Crippen molar-refractivity contribution in [3.05, 3.63) is 36.2 Å². The molecule has 1 atom stereocenters. The SMILES string of the molecule is CCOC(=O)C(C)=NOC(=O)n1c(S(=O)Cc2nccc(OC)c2OC)nc2cc(OC(F)F)ccc21. The minimum atomic E-state index is -3.09. The molecule has 0 aliphatic rings. The molecule has 0 saturated carbocycles. The number of imidazole rings is 1. The number of esters is 1. The average molecular weight is 541 g/mol. The number of hydrogen-bond donors (Lipinski definition) is 0. The first-order valence-electron chi connectivity index (χ1n) is 10.5. The van der Waals surface area contributed by atoms with Crippen molar-refractivity contribution in [1.29, 1.82) is 0 Å². The largest absolute Gasteiger partial charge is 0.493 e. The van der Waals surface area contributed by atoms with Crippen LogP contribution in [0.4, 0.5) is 13.6 Å². The zero-order chi connectivity index (χ0) is 27.1. The topological polar surface area (TPSA) is 140 Å². The molecule has 0 saturated heterocycles. The van der Waals surface area contributed by atoms with Gasteiger partial charge in [0.25, 0.3) is 0 Å². The van der Waals surface area contributed by atoms with Crippen molar-refractivity contribution in [3.8, 4) is 17.2 Å². The third-order valence-corrected chi connectivity index (χ3v) is 5.89. The van der Waals surface area contributed by atoms with Crippen molar-refractivity contribution in [1.82, 2.24) is 14.5 Å². The monoisotopic (exact) mass is 540 g/mol. The third kappa shape index (κ3) is 6.35. The van der Waals surface area contributed by atoms with Gasteiger partial charge >= 0.3 is 18.7 Å². The molecule has 37 heavy (non-hydrogen) atoms. The van der Waals surface area contributed by atoms with Gasteiger partial charge in [0.05, 0.1) is 54.1 Å². The zero-order valence-electron chi connectivity index (χ0n) is 20.1. The van der Waals surface area contributed by atoms with Crippen LogP contribution in [-0.2, 0) is 30.9 Å². The number of carbonyl (C=O) groups excluding carboxylic acids is 2. The van der Waals surface area contributed by atoms with E-state index in [1.807, 2.05) is 0 Å². The fourth-order valence-electron chi connectivity index (χ4n) is 3.11. The molecular formula is C22H22F2N4O8S. The smallest absolute Gasteiger partial charge is 0.446 e. The van der Waals surface area contributed by atoms with Gasteiger partial charge in [0.2, 0.25) is 5.16 Å². The maximum atomic E-state index is 13.4. The highest BCUT2D eigenvalue weighted by molar-refractivity contribution is 7.84. The number of carbonyl (C=O) groups is 2. The van der Waals surface area contributed by atoms with Gasteiger partial charge in [-0.2, -0.15) is 8.78 Å². The number of pyridine rings is 1. The van der Waals surface area contributed by atoms with Crippen molar-refractivity contribution in [2.75, 3.05) is 20.8 Å². The Morgan fingerprint density at radius 3 is 2.59 bits per heavy atom. The van der Waals surface area contributed by atoms with Crippen LogP contribution >= 0.6 is 0 Å². The first-order valence-corrected chi connectivity index (χ1v) is 11.9. The minimum absolute atomic E-state index is 0.00936. The zero-order valence-corrected chi connectivity index (χ0v) is 20.9. The van der Waals surface area contributed by atoms with Crippen LogP contribution in [0.15, 0.2) is 40.8 Å². The van der Waals surface area contributed by atoms with E-state index in [4.69, 9.17) is 19.0 Å². The Morgan fingerprint density at radius 2 is 1.95 bits per heavy atom. The number of aromatic nitrogens is 3. The second-order valence-corrected chi connectivity index (χ2v) is 8.34. The van der Waals surface area contributed by atoms with Gasteiger partial charge in [-0.1, -0.05) is 5.16 Å². The highest BCUT2D eigenvalue weighted by Gasteiger charge is 2.26. The van der Waals surface area contributed by atoms with E-state index < -0.39 is 29.5 Å². The molecule has 12 nitrogen and oxygen atoms in total. The number of alkyl halides is 2. The number of oxime groups is 1. The Balaban J connectivity index is 2.04. The van der Waals surface area contributed by atoms with Crippen molar-refractivity contribution in [2.24, 2.45) is 5.16 Å². The maximum Gasteiger partial charge on any atom is 0.446 e. The molecule has 198 valence electrons. The second-order valence-electron chi connectivity index (χ2n) is 7.00. The molecule has 3 aromatic rings. The van der Waals surface area contributed by atoms with Crippen LogP contribution in [0.1, 0.15) is 19.5 Å². The number of nitrogens with zero attached hydrogens (tertiary/aromatic N) is 4. The summed E-state index contributed by atoms with van der Waals surface area (Å²) in [7, 11) is 0.764. The molecule has 0 radical (unpaired) electrons. The molecule has 2 heterocycles. The molecule has 1 unspecified atom stereocenters. The van der Waals surface area contributed by atoms with Crippen molar-refractivity contribution in [2.45, 2.75) is 31.4 Å². The Morgan fingerprint density at radius 1 is 1.19 bits per heavy atom. The summed E-state index contributed by atoms with van der Waals surface area (Å²) in [4.78, 5) is 37.9. The van der Waals surface area contributed by atoms with E-state index in [0.29, 0.717) is 5.75 Å². The van der Waals surface area contributed by atoms with Crippen LogP contribution in [0.3, 0.4) is 0 Å². The molecule has 15 heteroatoms. The van der Waals surface area contributed by atoms with Gasteiger partial charge in [-0.3, -0.25) is 14.0 Å². The van der Waals surface area contributed by atoms with Gasteiger partial charge < -0.3 is 18.9 Å². The van der Waals surface area contributed by atoms with Crippen LogP contribution in [0.25, 0.3) is 11.0 Å². The number of benzene rings is 1. The second kappa shape index (κ2) is 12.2. The Hall–Kier alpha value is -4.14. The average Bonchev–Trinajstić information content (AvgIpc) is 3.25. The highest BCUT2D eigenvalue weighted by Crippen LogP contribution is 2.31. The summed E-state index contributed by atoms with van der Waals surface area (Å²) in [6.07, 6.45) is 0.258. The standard InChI is InChI=1S/C22H22F2N4O8S/c1-5-34-19(29)12(2)27-36-22(30)28-16-7-6-13(35-20(23)24)10-14(16)26-21(28)37(31)11-15-18(33-4)17(32-3)8-9-25-15/h6-10,20H,5,11H2,1-4H3. The summed E-state index contributed by atoms with van der Waals surface area (Å²) in [5, 5.41) is 3.17. The van der Waals surface area contributed by atoms with E-state index >= 15 is 0 Å². The summed E-state index contributed by atoms with van der Waals surface area (Å²) in [5.41, 5.74) is 0.0601. The van der Waals surface area contributed by atoms with Crippen molar-refractivity contribution >= 4 is 39.6 Å². The molecule has 0 N–H and O–H groups in total.